The molecule has 582 valence electrons. The van der Waals surface area contributed by atoms with Gasteiger partial charge in [0.1, 0.15) is 0 Å². The zero-order valence-corrected chi connectivity index (χ0v) is 69.8. The molecule has 5 aliphatic carbocycles. The summed E-state index contributed by atoms with van der Waals surface area (Å²) in [5.74, 6) is 0. The Balaban J connectivity index is 0.000000136. The lowest BCUT2D eigenvalue weighted by Crippen LogP contribution is -2.28. The topological polar surface area (TPSA) is 0 Å². The molecule has 0 heterocycles. The molecular weight excluding hydrogens is 1490 g/mol. The third-order valence-corrected chi connectivity index (χ3v) is 29.4. The van der Waals surface area contributed by atoms with E-state index in [1.165, 1.54) is 243 Å². The van der Waals surface area contributed by atoms with Crippen LogP contribution in [-0.2, 0) is 28.1 Å². The summed E-state index contributed by atoms with van der Waals surface area (Å²) < 4.78 is 0. The van der Waals surface area contributed by atoms with E-state index in [9.17, 15) is 0 Å². The van der Waals surface area contributed by atoms with Crippen molar-refractivity contribution >= 4 is 64.6 Å². The third kappa shape index (κ3) is 10.4. The van der Waals surface area contributed by atoms with Gasteiger partial charge in [0, 0.05) is 16.2 Å². The zero-order chi connectivity index (χ0) is 82.3. The Hall–Kier alpha value is -14.8. The molecule has 0 aliphatic heterocycles. The fraction of sp³-hybridized carbons (Fsp3) is 0.0806. The molecule has 0 fully saturated rings. The van der Waals surface area contributed by atoms with Gasteiger partial charge in [0.25, 0.3) is 0 Å². The molecular formula is C124H86. The Kier molecular flexibility index (Phi) is 15.9. The second kappa shape index (κ2) is 27.3. The Morgan fingerprint density at radius 2 is 0.476 bits per heavy atom. The molecule has 0 saturated carbocycles. The van der Waals surface area contributed by atoms with Gasteiger partial charge in [-0.05, 0) is 304 Å². The van der Waals surface area contributed by atoms with Gasteiger partial charge in [-0.25, -0.2) is 0 Å². The maximum atomic E-state index is 2.57. The summed E-state index contributed by atoms with van der Waals surface area (Å²) in [6.07, 6.45) is 2.18. The molecule has 26 rings (SSSR count). The molecule has 0 saturated heterocycles. The first kappa shape index (κ1) is 72.0. The summed E-state index contributed by atoms with van der Waals surface area (Å²) in [4.78, 5) is 0. The third-order valence-electron chi connectivity index (χ3n) is 29.4. The maximum absolute atomic E-state index is 2.57. The first-order valence-corrected chi connectivity index (χ1v) is 44.1. The van der Waals surface area contributed by atoms with E-state index in [-0.39, 0.29) is 16.2 Å². The first-order chi connectivity index (χ1) is 61.0. The van der Waals surface area contributed by atoms with E-state index >= 15 is 0 Å². The van der Waals surface area contributed by atoms with Crippen molar-refractivity contribution in [1.82, 2.24) is 0 Å². The van der Waals surface area contributed by atoms with Gasteiger partial charge in [-0.15, -0.1) is 0 Å². The van der Waals surface area contributed by atoms with Gasteiger partial charge in [-0.3, -0.25) is 0 Å². The quantitative estimate of drug-likeness (QED) is 0.133. The van der Waals surface area contributed by atoms with Crippen LogP contribution in [0.2, 0.25) is 0 Å². The van der Waals surface area contributed by atoms with Gasteiger partial charge >= 0.3 is 0 Å². The molecule has 0 bridgehead atoms. The summed E-state index contributed by atoms with van der Waals surface area (Å²) in [6, 6.07) is 161. The van der Waals surface area contributed by atoms with E-state index in [0.717, 1.165) is 12.8 Å². The largest absolute Gasteiger partial charge is 0.0713 e. The lowest BCUT2D eigenvalue weighted by Gasteiger charge is -2.34. The average molecular weight is 1580 g/mol. The predicted molar refractivity (Wildman–Crippen MR) is 523 cm³/mol. The van der Waals surface area contributed by atoms with Gasteiger partial charge < -0.3 is 0 Å². The summed E-state index contributed by atoms with van der Waals surface area (Å²) >= 11 is 0. The van der Waals surface area contributed by atoms with E-state index in [1.807, 2.05) is 0 Å². The lowest BCUT2D eigenvalue weighted by molar-refractivity contribution is 0.626. The van der Waals surface area contributed by atoms with Crippen molar-refractivity contribution < 1.29 is 0 Å². The minimum atomic E-state index is -0.492. The van der Waals surface area contributed by atoms with E-state index in [0.29, 0.717) is 0 Å². The molecule has 0 N–H and O–H groups in total. The SMILES string of the molecule is CC1(C)c2ccccc2-c2ccc(-c3c4ccccc4c(-c4ccc5c(c4)C(c4ccccc4)(c4ccccc4)c4ccccc4-5)c4ccc(-c5ccc6ccccc6c5)cc34)cc21.CC1(C)c2ccccc2-c2ccc(-c3c4ccccc4c(-c4ccc5c(c4)C4(CCc6ccccc64)c4ccccc4-5)c4ccc(-c5ccc6ccccc6c5)cc34)cc21. The van der Waals surface area contributed by atoms with Crippen LogP contribution < -0.4 is 0 Å². The van der Waals surface area contributed by atoms with Crippen molar-refractivity contribution in [3.05, 3.63) is 491 Å². The fourth-order valence-electron chi connectivity index (χ4n) is 23.7. The molecule has 0 amide bonds. The first-order valence-electron chi connectivity index (χ1n) is 44.1. The van der Waals surface area contributed by atoms with Crippen molar-refractivity contribution in [1.29, 1.82) is 0 Å². The van der Waals surface area contributed by atoms with Gasteiger partial charge in [-0.1, -0.05) is 404 Å². The molecule has 124 heavy (non-hydrogen) atoms. The molecule has 21 aromatic rings. The summed E-state index contributed by atoms with van der Waals surface area (Å²) in [5, 5.41) is 15.2. The highest BCUT2D eigenvalue weighted by Gasteiger charge is 2.50. The summed E-state index contributed by atoms with van der Waals surface area (Å²) in [6.45, 7) is 9.55. The van der Waals surface area contributed by atoms with Crippen LogP contribution in [0, 0.1) is 0 Å². The molecule has 21 aromatic carbocycles. The second-order valence-corrected chi connectivity index (χ2v) is 36.3. The normalized spacial score (nSPS) is 15.3. The lowest BCUT2D eigenvalue weighted by atomic mass is 9.67. The molecule has 0 heteroatoms. The Labute approximate surface area is 724 Å². The molecule has 1 spiro atoms. The molecule has 0 nitrogen and oxygen atoms in total. The number of rotatable bonds is 8. The van der Waals surface area contributed by atoms with Crippen molar-refractivity contribution in [3.63, 3.8) is 0 Å². The number of hydrogen-bond donors (Lipinski definition) is 0. The predicted octanol–water partition coefficient (Wildman–Crippen LogP) is 32.5. The molecule has 1 atom stereocenters. The van der Waals surface area contributed by atoms with Crippen LogP contribution in [0.1, 0.15) is 101 Å². The molecule has 1 unspecified atom stereocenters. The monoisotopic (exact) mass is 1570 g/mol. The minimum Gasteiger partial charge on any atom is -0.0622 e. The Bertz CT molecular complexity index is 8070. The standard InChI is InChI=1S/C64H44.C60H42/c1-63(2)57-27-15-13-23-49(57)51-34-32-45(39-59(51)63)62-54-26-12-11-25-53(54)61(55-36-31-44(38-56(55)62)43-30-29-41-17-9-10-18-42(41)37-43)46-33-35-52-50-24-14-16-28-58(50)64(60(52)40-46,47-19-5-3-6-20-47)48-21-7-4-8-22-48;1-59(2)53-21-11-8-16-44(53)46-28-26-42(35-55(46)59)58-49-19-7-6-18-48(49)57(50-30-25-41(34-51(50)58)40-24-23-37-13-3-4-15-39(37)33-40)43-27-29-47-45-17-9-12-22-54(45)60(56(47)36-43)32-31-38-14-5-10-20-52(38)60/h3-40H,1-2H3;3-30,33-36H,31-32H2,1-2H3. The average Bonchev–Trinajstić information content (AvgIpc) is 1.51. The van der Waals surface area contributed by atoms with E-state index in [2.05, 4.69) is 452 Å². The Morgan fingerprint density at radius 3 is 0.944 bits per heavy atom. The van der Waals surface area contributed by atoms with Gasteiger partial charge in [0.15, 0.2) is 0 Å². The number of fused-ring (bicyclic) bond motifs is 22. The number of aryl methyl sites for hydroxylation is 1. The van der Waals surface area contributed by atoms with Crippen LogP contribution >= 0.6 is 0 Å². The van der Waals surface area contributed by atoms with Crippen molar-refractivity contribution in [2.24, 2.45) is 0 Å². The Morgan fingerprint density at radius 1 is 0.177 bits per heavy atom. The fourth-order valence-corrected chi connectivity index (χ4v) is 23.7. The highest BCUT2D eigenvalue weighted by atomic mass is 14.5. The number of hydrogen-bond acceptors (Lipinski definition) is 0. The molecule has 5 aliphatic rings. The van der Waals surface area contributed by atoms with Crippen LogP contribution in [0.25, 0.3) is 176 Å². The van der Waals surface area contributed by atoms with Crippen LogP contribution in [0.15, 0.2) is 425 Å². The second-order valence-electron chi connectivity index (χ2n) is 36.3. The maximum Gasteiger partial charge on any atom is 0.0713 e. The number of benzene rings is 21. The van der Waals surface area contributed by atoms with Crippen LogP contribution in [0.3, 0.4) is 0 Å². The van der Waals surface area contributed by atoms with Crippen molar-refractivity contribution in [2.45, 2.75) is 62.2 Å². The van der Waals surface area contributed by atoms with Crippen LogP contribution in [0.5, 0.6) is 0 Å². The highest BCUT2D eigenvalue weighted by Crippen LogP contribution is 2.62. The van der Waals surface area contributed by atoms with Gasteiger partial charge in [0.05, 0.1) is 5.41 Å². The zero-order valence-electron chi connectivity index (χ0n) is 69.8. The van der Waals surface area contributed by atoms with Crippen molar-refractivity contribution in [2.75, 3.05) is 0 Å². The smallest absolute Gasteiger partial charge is 0.0622 e. The van der Waals surface area contributed by atoms with Gasteiger partial charge in [-0.2, -0.15) is 0 Å². The minimum absolute atomic E-state index is 0.0967. The van der Waals surface area contributed by atoms with Crippen LogP contribution in [-0.4, -0.2) is 0 Å². The van der Waals surface area contributed by atoms with E-state index in [4.69, 9.17) is 0 Å². The highest BCUT2D eigenvalue weighted by molar-refractivity contribution is 6.24. The summed E-state index contributed by atoms with van der Waals surface area (Å²) in [7, 11) is 0. The molecule has 0 aromatic heterocycles. The van der Waals surface area contributed by atoms with Gasteiger partial charge in [0.2, 0.25) is 0 Å². The van der Waals surface area contributed by atoms with Crippen molar-refractivity contribution in [3.8, 4) is 111 Å². The van der Waals surface area contributed by atoms with E-state index in [1.54, 1.807) is 0 Å². The molecule has 0 radical (unpaired) electrons. The van der Waals surface area contributed by atoms with E-state index < -0.39 is 5.41 Å². The van der Waals surface area contributed by atoms with Crippen LogP contribution in [0.4, 0.5) is 0 Å². The summed E-state index contributed by atoms with van der Waals surface area (Å²) in [5.41, 5.74) is 41.6.